The number of Topliss-reactive ketones (excluding diaryl/α,β-unsaturated/α-hetero) is 1. The van der Waals surface area contributed by atoms with Gasteiger partial charge in [-0.3, -0.25) is 4.79 Å². The topological polar surface area (TPSA) is 55.4 Å². The van der Waals surface area contributed by atoms with Gasteiger partial charge in [0, 0.05) is 11.3 Å². The molecule has 0 saturated heterocycles. The lowest BCUT2D eigenvalue weighted by Crippen LogP contribution is -2.07. The molecule has 17 heavy (non-hydrogen) atoms. The molecule has 1 aromatic carbocycles. The van der Waals surface area contributed by atoms with Gasteiger partial charge in [-0.2, -0.15) is 0 Å². The number of carbonyl (C=O) groups excluding carboxylic acids is 2. The van der Waals surface area contributed by atoms with Gasteiger partial charge in [-0.25, -0.2) is 4.79 Å². The van der Waals surface area contributed by atoms with Crippen LogP contribution in [0.4, 0.5) is 5.69 Å². The summed E-state index contributed by atoms with van der Waals surface area (Å²) in [6.45, 7) is 7.01. The molecule has 0 saturated carbocycles. The van der Waals surface area contributed by atoms with E-state index in [-0.39, 0.29) is 5.78 Å². The number of anilines is 1. The van der Waals surface area contributed by atoms with Crippen LogP contribution in [0.1, 0.15) is 34.6 Å². The van der Waals surface area contributed by atoms with E-state index in [1.165, 1.54) is 19.2 Å². The highest BCUT2D eigenvalue weighted by atomic mass is 16.5. The lowest BCUT2D eigenvalue weighted by atomic mass is 10.1. The smallest absolute Gasteiger partial charge is 0.338 e. The Hall–Kier alpha value is -2.10. The molecule has 0 aromatic heterocycles. The lowest BCUT2D eigenvalue weighted by Gasteiger charge is -2.08. The maximum absolute atomic E-state index is 11.5. The minimum atomic E-state index is -0.430. The minimum absolute atomic E-state index is 0.125. The van der Waals surface area contributed by atoms with Crippen LogP contribution in [-0.4, -0.2) is 18.4 Å². The molecule has 4 heteroatoms. The lowest BCUT2D eigenvalue weighted by molar-refractivity contribution is 0.0526. The molecule has 0 aliphatic carbocycles. The van der Waals surface area contributed by atoms with E-state index in [9.17, 15) is 9.59 Å². The van der Waals surface area contributed by atoms with E-state index in [0.29, 0.717) is 23.4 Å². The van der Waals surface area contributed by atoms with E-state index in [1.54, 1.807) is 19.1 Å². The van der Waals surface area contributed by atoms with Crippen molar-refractivity contribution in [1.29, 1.82) is 0 Å². The Morgan fingerprint density at radius 2 is 2.18 bits per heavy atom. The van der Waals surface area contributed by atoms with Gasteiger partial charge >= 0.3 is 5.97 Å². The number of hydrogen-bond acceptors (Lipinski definition) is 4. The van der Waals surface area contributed by atoms with Crippen LogP contribution in [0.2, 0.25) is 0 Å². The monoisotopic (exact) mass is 233 g/mol. The molecule has 0 aliphatic heterocycles. The first-order valence-electron chi connectivity index (χ1n) is 5.29. The first-order chi connectivity index (χ1) is 8.10. The average molecular weight is 233 g/mol. The van der Waals surface area contributed by atoms with E-state index in [2.05, 4.69) is 11.9 Å². The number of hydrogen-bond donors (Lipinski definition) is 1. The van der Waals surface area contributed by atoms with Gasteiger partial charge < -0.3 is 10.1 Å². The van der Waals surface area contributed by atoms with Crippen molar-refractivity contribution in [2.24, 2.45) is 0 Å². The number of ether oxygens (including phenoxy) is 1. The van der Waals surface area contributed by atoms with E-state index < -0.39 is 5.97 Å². The zero-order valence-electron chi connectivity index (χ0n) is 9.95. The summed E-state index contributed by atoms with van der Waals surface area (Å²) in [5.74, 6) is -0.555. The highest BCUT2D eigenvalue weighted by Gasteiger charge is 2.12. The number of ketones is 1. The molecule has 4 nitrogen and oxygen atoms in total. The molecule has 1 N–H and O–H groups in total. The number of carbonyl (C=O) groups is 2. The molecular formula is C13H15NO3. The van der Waals surface area contributed by atoms with Gasteiger partial charge in [0.25, 0.3) is 0 Å². The zero-order chi connectivity index (χ0) is 12.8. The summed E-state index contributed by atoms with van der Waals surface area (Å²) in [7, 11) is 0. The third kappa shape index (κ3) is 3.17. The van der Waals surface area contributed by atoms with Crippen LogP contribution < -0.4 is 5.32 Å². The number of rotatable bonds is 5. The third-order valence-electron chi connectivity index (χ3n) is 2.17. The van der Waals surface area contributed by atoms with Crippen LogP contribution in [0.3, 0.4) is 0 Å². The molecule has 0 atom stereocenters. The van der Waals surface area contributed by atoms with Crippen LogP contribution in [0.15, 0.2) is 31.0 Å². The van der Waals surface area contributed by atoms with Gasteiger partial charge in [-0.05, 0) is 38.2 Å². The molecule has 0 radical (unpaired) electrons. The summed E-state index contributed by atoms with van der Waals surface area (Å²) in [6, 6.07) is 4.78. The van der Waals surface area contributed by atoms with Crippen molar-refractivity contribution >= 4 is 17.4 Å². The van der Waals surface area contributed by atoms with Gasteiger partial charge in [0.15, 0.2) is 5.78 Å². The van der Waals surface area contributed by atoms with Crippen LogP contribution >= 0.6 is 0 Å². The van der Waals surface area contributed by atoms with E-state index in [4.69, 9.17) is 4.74 Å². The second-order valence-electron chi connectivity index (χ2n) is 3.39. The summed E-state index contributed by atoms with van der Waals surface area (Å²) in [5, 5.41) is 2.85. The van der Waals surface area contributed by atoms with Gasteiger partial charge in [-0.15, -0.1) is 0 Å². The largest absolute Gasteiger partial charge is 0.462 e. The molecule has 0 heterocycles. The molecule has 0 spiro atoms. The maximum atomic E-state index is 11.5. The number of esters is 1. The SMILES string of the molecule is C=CNc1ccc(C(=O)OCC)cc1C(C)=O. The summed E-state index contributed by atoms with van der Waals surface area (Å²) in [4.78, 5) is 23.0. The Morgan fingerprint density at radius 1 is 1.47 bits per heavy atom. The summed E-state index contributed by atoms with van der Waals surface area (Å²) in [5.41, 5.74) is 1.43. The molecular weight excluding hydrogens is 218 g/mol. The van der Waals surface area contributed by atoms with E-state index in [1.807, 2.05) is 0 Å². The van der Waals surface area contributed by atoms with Crippen LogP contribution in [0.5, 0.6) is 0 Å². The molecule has 0 amide bonds. The normalized spacial score (nSPS) is 9.53. The summed E-state index contributed by atoms with van der Waals surface area (Å²) in [6.07, 6.45) is 1.48. The highest BCUT2D eigenvalue weighted by molar-refractivity contribution is 6.02. The van der Waals surface area contributed by atoms with Gasteiger partial charge in [0.1, 0.15) is 0 Å². The molecule has 1 rings (SSSR count). The molecule has 1 aromatic rings. The van der Waals surface area contributed by atoms with E-state index >= 15 is 0 Å². The zero-order valence-corrected chi connectivity index (χ0v) is 9.95. The van der Waals surface area contributed by atoms with Crippen LogP contribution in [-0.2, 0) is 4.74 Å². The van der Waals surface area contributed by atoms with Gasteiger partial charge in [0.2, 0.25) is 0 Å². The predicted octanol–water partition coefficient (Wildman–Crippen LogP) is 2.62. The van der Waals surface area contributed by atoms with Crippen molar-refractivity contribution in [2.75, 3.05) is 11.9 Å². The third-order valence-corrected chi connectivity index (χ3v) is 2.17. The summed E-state index contributed by atoms with van der Waals surface area (Å²) >= 11 is 0. The molecule has 0 fully saturated rings. The first kappa shape index (κ1) is 13.0. The van der Waals surface area contributed by atoms with E-state index in [0.717, 1.165) is 0 Å². The predicted molar refractivity (Wildman–Crippen MR) is 66.2 cm³/mol. The second-order valence-corrected chi connectivity index (χ2v) is 3.39. The Labute approximate surface area is 100 Å². The van der Waals surface area contributed by atoms with Crippen molar-refractivity contribution in [1.82, 2.24) is 0 Å². The Balaban J connectivity index is 3.13. The van der Waals surface area contributed by atoms with Crippen LogP contribution in [0, 0.1) is 0 Å². The highest BCUT2D eigenvalue weighted by Crippen LogP contribution is 2.19. The van der Waals surface area contributed by atoms with Crippen molar-refractivity contribution < 1.29 is 14.3 Å². The average Bonchev–Trinajstić information content (AvgIpc) is 2.30. The minimum Gasteiger partial charge on any atom is -0.462 e. The Kier molecular flexibility index (Phi) is 4.46. The second kappa shape index (κ2) is 5.84. The molecule has 0 unspecified atom stereocenters. The number of nitrogens with one attached hydrogen (secondary N) is 1. The van der Waals surface area contributed by atoms with Crippen molar-refractivity contribution in [3.8, 4) is 0 Å². The quantitative estimate of drug-likeness (QED) is 0.627. The summed E-state index contributed by atoms with van der Waals surface area (Å²) < 4.78 is 4.87. The molecule has 0 aliphatic rings. The fourth-order valence-corrected chi connectivity index (χ4v) is 1.41. The van der Waals surface area contributed by atoms with Crippen LogP contribution in [0.25, 0.3) is 0 Å². The maximum Gasteiger partial charge on any atom is 0.338 e. The Bertz CT molecular complexity index is 452. The fraction of sp³-hybridized carbons (Fsp3) is 0.231. The van der Waals surface area contributed by atoms with Crippen molar-refractivity contribution in [3.05, 3.63) is 42.1 Å². The van der Waals surface area contributed by atoms with Crippen molar-refractivity contribution in [2.45, 2.75) is 13.8 Å². The number of benzene rings is 1. The first-order valence-corrected chi connectivity index (χ1v) is 5.29. The fourth-order valence-electron chi connectivity index (χ4n) is 1.41. The van der Waals surface area contributed by atoms with Crippen molar-refractivity contribution in [3.63, 3.8) is 0 Å². The molecule has 0 bridgehead atoms. The Morgan fingerprint density at radius 3 is 2.71 bits per heavy atom. The molecule has 90 valence electrons. The standard InChI is InChI=1S/C13H15NO3/c1-4-14-12-7-6-10(13(16)17-5-2)8-11(12)9(3)15/h4,6-8,14H,1,5H2,2-3H3. The van der Waals surface area contributed by atoms with Gasteiger partial charge in [-0.1, -0.05) is 6.58 Å². The van der Waals surface area contributed by atoms with Gasteiger partial charge in [0.05, 0.1) is 12.2 Å².